The summed E-state index contributed by atoms with van der Waals surface area (Å²) in [6, 6.07) is 15.8. The van der Waals surface area contributed by atoms with Crippen molar-refractivity contribution in [1.82, 2.24) is 9.88 Å². The Hall–Kier alpha value is -4.55. The van der Waals surface area contributed by atoms with E-state index in [4.69, 9.17) is 9.47 Å². The van der Waals surface area contributed by atoms with E-state index in [1.54, 1.807) is 23.1 Å². The molecular formula is C30H32F3N5O5. The number of nitro benzene ring substituents is 1. The third-order valence-corrected chi connectivity index (χ3v) is 7.63. The molecule has 10 nitrogen and oxygen atoms in total. The molecule has 0 atom stereocenters. The van der Waals surface area contributed by atoms with Gasteiger partial charge < -0.3 is 24.6 Å². The zero-order chi connectivity index (χ0) is 30.6. The first-order chi connectivity index (χ1) is 20.5. The number of halogens is 3. The number of nitro groups is 1. The summed E-state index contributed by atoms with van der Waals surface area (Å²) in [5.74, 6) is 1.75. The maximum absolute atomic E-state index is 13.3. The average Bonchev–Trinajstić information content (AvgIpc) is 2.99. The molecule has 1 aliphatic carbocycles. The number of hydrogen-bond donors (Lipinski definition) is 1. The smallest absolute Gasteiger partial charge is 0.423 e. The van der Waals surface area contributed by atoms with Crippen LogP contribution >= 0.6 is 0 Å². The highest BCUT2D eigenvalue weighted by molar-refractivity contribution is 5.71. The number of pyridine rings is 1. The van der Waals surface area contributed by atoms with E-state index in [1.807, 2.05) is 31.2 Å². The normalized spacial score (nSPS) is 19.1. The van der Waals surface area contributed by atoms with Crippen molar-refractivity contribution < 1.29 is 32.4 Å². The summed E-state index contributed by atoms with van der Waals surface area (Å²) in [5.41, 5.74) is -0.955. The van der Waals surface area contributed by atoms with E-state index in [0.29, 0.717) is 63.5 Å². The minimum Gasteiger partial charge on any atom is -0.474 e. The molecule has 1 aromatic heterocycles. The highest BCUT2D eigenvalue weighted by atomic mass is 19.4. The van der Waals surface area contributed by atoms with Gasteiger partial charge in [0.25, 0.3) is 5.69 Å². The number of alkyl halides is 3. The van der Waals surface area contributed by atoms with Crippen molar-refractivity contribution in [1.29, 1.82) is 0 Å². The summed E-state index contributed by atoms with van der Waals surface area (Å²) < 4.78 is 51.6. The minimum atomic E-state index is -4.83. The molecule has 0 unspecified atom stereocenters. The molecule has 5 rings (SSSR count). The van der Waals surface area contributed by atoms with Crippen LogP contribution in [0.25, 0.3) is 0 Å². The second-order valence-corrected chi connectivity index (χ2v) is 10.7. The minimum absolute atomic E-state index is 0.0873. The van der Waals surface area contributed by atoms with Gasteiger partial charge in [0.05, 0.1) is 4.92 Å². The Kier molecular flexibility index (Phi) is 8.88. The van der Waals surface area contributed by atoms with Crippen molar-refractivity contribution >= 4 is 23.3 Å². The summed E-state index contributed by atoms with van der Waals surface area (Å²) >= 11 is 0. The number of hydrogen-bond acceptors (Lipinski definition) is 8. The van der Waals surface area contributed by atoms with Crippen LogP contribution in [0, 0.1) is 17.0 Å². The lowest BCUT2D eigenvalue weighted by Crippen LogP contribution is -2.49. The number of anilines is 2. The maximum atomic E-state index is 13.3. The Bertz CT molecular complexity index is 1440. The molecule has 0 radical (unpaired) electrons. The van der Waals surface area contributed by atoms with Crippen LogP contribution in [-0.2, 0) is 6.18 Å². The fraction of sp³-hybridized carbons (Fsp3) is 0.400. The third kappa shape index (κ3) is 7.65. The van der Waals surface area contributed by atoms with Gasteiger partial charge in [0.15, 0.2) is 0 Å². The van der Waals surface area contributed by atoms with Crippen LogP contribution < -0.4 is 19.7 Å². The van der Waals surface area contributed by atoms with Gasteiger partial charge >= 0.3 is 12.3 Å². The van der Waals surface area contributed by atoms with Crippen molar-refractivity contribution in [2.24, 2.45) is 0 Å². The van der Waals surface area contributed by atoms with E-state index in [-0.39, 0.29) is 23.9 Å². The summed E-state index contributed by atoms with van der Waals surface area (Å²) in [4.78, 5) is 31.0. The zero-order valence-electron chi connectivity index (χ0n) is 23.5. The predicted octanol–water partition coefficient (Wildman–Crippen LogP) is 6.44. The van der Waals surface area contributed by atoms with E-state index in [9.17, 15) is 28.1 Å². The van der Waals surface area contributed by atoms with Crippen LogP contribution in [0.4, 0.5) is 35.2 Å². The van der Waals surface area contributed by atoms with E-state index in [0.717, 1.165) is 23.5 Å². The van der Waals surface area contributed by atoms with Gasteiger partial charge in [0, 0.05) is 50.0 Å². The number of nitrogens with one attached hydrogen (secondary N) is 1. The van der Waals surface area contributed by atoms with Crippen molar-refractivity contribution in [3.63, 3.8) is 0 Å². The van der Waals surface area contributed by atoms with Gasteiger partial charge in [-0.25, -0.2) is 4.79 Å². The molecule has 2 aromatic carbocycles. The number of benzene rings is 2. The number of amides is 1. The van der Waals surface area contributed by atoms with Crippen LogP contribution in [0.3, 0.4) is 0 Å². The number of aromatic nitrogens is 1. The summed E-state index contributed by atoms with van der Waals surface area (Å²) in [6.07, 6.45) is -2.65. The fourth-order valence-electron chi connectivity index (χ4n) is 5.28. The molecule has 0 bridgehead atoms. The standard InChI is InChI=1S/C30H32F3N5O5/c1-20-5-10-24(11-6-20)43-29(39)37-17-15-36(16-18-37)27-3-2-4-28(35-27)42-23-12-7-21(8-13-23)34-22-9-14-26(38(40)41)25(19-22)30(31,32)33/h2-6,9-11,14,19,21,23,34H,7-8,12-13,15-18H2,1H3/t21-,23-. The lowest BCUT2D eigenvalue weighted by Gasteiger charge is -2.35. The molecule has 43 heavy (non-hydrogen) atoms. The van der Waals surface area contributed by atoms with Gasteiger partial charge in [-0.2, -0.15) is 18.2 Å². The number of nitrogens with zero attached hydrogens (tertiary/aromatic N) is 4. The number of ether oxygens (including phenoxy) is 2. The van der Waals surface area contributed by atoms with E-state index >= 15 is 0 Å². The van der Waals surface area contributed by atoms with Gasteiger partial charge in [0.2, 0.25) is 5.88 Å². The molecule has 1 amide bonds. The van der Waals surface area contributed by atoms with Crippen LogP contribution in [-0.4, -0.2) is 59.2 Å². The van der Waals surface area contributed by atoms with Crippen molar-refractivity contribution in [2.75, 3.05) is 36.4 Å². The molecule has 1 N–H and O–H groups in total. The molecule has 2 aliphatic rings. The molecule has 228 valence electrons. The highest BCUT2D eigenvalue weighted by Crippen LogP contribution is 2.38. The van der Waals surface area contributed by atoms with E-state index in [1.165, 1.54) is 6.07 Å². The highest BCUT2D eigenvalue weighted by Gasteiger charge is 2.38. The number of piperazine rings is 1. The average molecular weight is 600 g/mol. The SMILES string of the molecule is Cc1ccc(OC(=O)N2CCN(c3cccc(O[C@H]4CC[C@H](Nc5ccc([N+](=O)[O-])c(C(F)(F)F)c5)CC4)n3)CC2)cc1. The number of rotatable bonds is 7. The van der Waals surface area contributed by atoms with E-state index < -0.39 is 22.4 Å². The first-order valence-electron chi connectivity index (χ1n) is 14.1. The molecular weight excluding hydrogens is 567 g/mol. The Balaban J connectivity index is 1.10. The Morgan fingerprint density at radius 1 is 1.00 bits per heavy atom. The molecule has 1 aliphatic heterocycles. The topological polar surface area (TPSA) is 110 Å². The largest absolute Gasteiger partial charge is 0.474 e. The van der Waals surface area contributed by atoms with Crippen LogP contribution in [0.15, 0.2) is 60.7 Å². The van der Waals surface area contributed by atoms with Crippen molar-refractivity contribution in [3.8, 4) is 11.6 Å². The lowest BCUT2D eigenvalue weighted by atomic mass is 9.92. The summed E-state index contributed by atoms with van der Waals surface area (Å²) in [7, 11) is 0. The molecule has 2 heterocycles. The third-order valence-electron chi connectivity index (χ3n) is 7.63. The predicted molar refractivity (Wildman–Crippen MR) is 154 cm³/mol. The van der Waals surface area contributed by atoms with Crippen LogP contribution in [0.1, 0.15) is 36.8 Å². The molecule has 1 saturated carbocycles. The summed E-state index contributed by atoms with van der Waals surface area (Å²) in [5, 5.41) is 14.1. The maximum Gasteiger partial charge on any atom is 0.423 e. The van der Waals surface area contributed by atoms with Crippen LogP contribution in [0.5, 0.6) is 11.6 Å². The quantitative estimate of drug-likeness (QED) is 0.244. The molecule has 0 spiro atoms. The summed E-state index contributed by atoms with van der Waals surface area (Å²) in [6.45, 7) is 4.14. The first-order valence-corrected chi connectivity index (χ1v) is 14.1. The second-order valence-electron chi connectivity index (χ2n) is 10.7. The van der Waals surface area contributed by atoms with Crippen LogP contribution in [0.2, 0.25) is 0 Å². The Morgan fingerprint density at radius 2 is 1.70 bits per heavy atom. The van der Waals surface area contributed by atoms with Gasteiger partial charge in [-0.15, -0.1) is 0 Å². The van der Waals surface area contributed by atoms with E-state index in [2.05, 4.69) is 15.2 Å². The number of aryl methyl sites for hydroxylation is 1. The lowest BCUT2D eigenvalue weighted by molar-refractivity contribution is -0.388. The van der Waals surface area contributed by atoms with Crippen molar-refractivity contribution in [2.45, 2.75) is 50.9 Å². The monoisotopic (exact) mass is 599 g/mol. The molecule has 1 saturated heterocycles. The fourth-order valence-corrected chi connectivity index (χ4v) is 5.28. The number of carbonyl (C=O) groups is 1. The van der Waals surface area contributed by atoms with Crippen molar-refractivity contribution in [3.05, 3.63) is 81.9 Å². The van der Waals surface area contributed by atoms with Gasteiger partial charge in [0.1, 0.15) is 23.2 Å². The number of carbonyl (C=O) groups excluding carboxylic acids is 1. The zero-order valence-corrected chi connectivity index (χ0v) is 23.5. The first kappa shape index (κ1) is 29.9. The Morgan fingerprint density at radius 3 is 2.35 bits per heavy atom. The van der Waals surface area contributed by atoms with Gasteiger partial charge in [-0.1, -0.05) is 23.8 Å². The molecule has 3 aromatic rings. The van der Waals surface area contributed by atoms with Gasteiger partial charge in [-0.3, -0.25) is 10.1 Å². The second kappa shape index (κ2) is 12.8. The molecule has 13 heteroatoms. The van der Waals surface area contributed by atoms with Gasteiger partial charge in [-0.05, 0) is 62.9 Å². The Labute approximate surface area is 246 Å². The molecule has 2 fully saturated rings.